The Balaban J connectivity index is 1.10. The number of anilines is 3. The Bertz CT molecular complexity index is 2790. The molecule has 1 nitrogen and oxygen atoms in total. The highest BCUT2D eigenvalue weighted by atomic mass is 32.1. The second kappa shape index (κ2) is 12.5. The Hall–Kier alpha value is -6.22. The molecule has 0 bridgehead atoms. The Kier molecular flexibility index (Phi) is 7.42. The van der Waals surface area contributed by atoms with Gasteiger partial charge in [0.2, 0.25) is 0 Å². The summed E-state index contributed by atoms with van der Waals surface area (Å²) in [6.45, 7) is 4.71. The van der Waals surface area contributed by atoms with E-state index in [9.17, 15) is 0 Å². The average molecular weight is 696 g/mol. The fourth-order valence-electron chi connectivity index (χ4n) is 8.35. The van der Waals surface area contributed by atoms with Gasteiger partial charge in [-0.2, -0.15) is 0 Å². The molecule has 2 heteroatoms. The van der Waals surface area contributed by atoms with Gasteiger partial charge in [0, 0.05) is 42.5 Å². The molecule has 10 rings (SSSR count). The summed E-state index contributed by atoms with van der Waals surface area (Å²) in [7, 11) is 0. The van der Waals surface area contributed by atoms with E-state index in [1.807, 2.05) is 11.3 Å². The van der Waals surface area contributed by atoms with Crippen LogP contribution in [0.4, 0.5) is 17.1 Å². The maximum Gasteiger partial charge on any atom is 0.0540 e. The number of thiophene rings is 1. The first kappa shape index (κ1) is 31.5. The minimum atomic E-state index is -0.102. The topological polar surface area (TPSA) is 3.24 Å². The molecule has 9 aromatic rings. The van der Waals surface area contributed by atoms with Crippen LogP contribution in [0.5, 0.6) is 0 Å². The van der Waals surface area contributed by atoms with Gasteiger partial charge in [-0.15, -0.1) is 11.3 Å². The molecular weight excluding hydrogens is 659 g/mol. The van der Waals surface area contributed by atoms with Gasteiger partial charge in [-0.3, -0.25) is 0 Å². The highest BCUT2D eigenvalue weighted by molar-refractivity contribution is 7.25. The fourth-order valence-corrected chi connectivity index (χ4v) is 9.44. The van der Waals surface area contributed by atoms with Crippen LogP contribution in [0.2, 0.25) is 0 Å². The number of benzene rings is 8. The van der Waals surface area contributed by atoms with Crippen LogP contribution < -0.4 is 4.90 Å². The average Bonchev–Trinajstić information content (AvgIpc) is 3.70. The largest absolute Gasteiger partial charge is 0.310 e. The van der Waals surface area contributed by atoms with E-state index in [4.69, 9.17) is 0 Å². The van der Waals surface area contributed by atoms with Crippen LogP contribution in [-0.2, 0) is 5.41 Å². The summed E-state index contributed by atoms with van der Waals surface area (Å²) >= 11 is 1.86. The molecule has 0 saturated heterocycles. The molecule has 8 aromatic carbocycles. The van der Waals surface area contributed by atoms with Crippen molar-refractivity contribution >= 4 is 48.6 Å². The van der Waals surface area contributed by atoms with Crippen LogP contribution in [-0.4, -0.2) is 0 Å². The molecule has 1 aliphatic carbocycles. The zero-order valence-electron chi connectivity index (χ0n) is 29.8. The Morgan fingerprint density at radius 1 is 0.377 bits per heavy atom. The van der Waals surface area contributed by atoms with Crippen LogP contribution in [0.1, 0.15) is 25.0 Å². The molecule has 0 fully saturated rings. The molecule has 53 heavy (non-hydrogen) atoms. The van der Waals surface area contributed by atoms with Crippen molar-refractivity contribution in [2.75, 3.05) is 4.90 Å². The van der Waals surface area contributed by atoms with Crippen molar-refractivity contribution in [1.29, 1.82) is 0 Å². The van der Waals surface area contributed by atoms with E-state index in [-0.39, 0.29) is 5.41 Å². The molecule has 0 radical (unpaired) electrons. The minimum Gasteiger partial charge on any atom is -0.310 e. The third-order valence-corrected chi connectivity index (χ3v) is 12.3. The number of fused-ring (bicyclic) bond motifs is 6. The fraction of sp³-hybridized carbons (Fsp3) is 0.0588. The first-order chi connectivity index (χ1) is 26.0. The predicted molar refractivity (Wildman–Crippen MR) is 228 cm³/mol. The number of hydrogen-bond donors (Lipinski definition) is 0. The van der Waals surface area contributed by atoms with Crippen LogP contribution in [0.15, 0.2) is 188 Å². The third-order valence-electron chi connectivity index (χ3n) is 11.1. The van der Waals surface area contributed by atoms with Gasteiger partial charge in [0.25, 0.3) is 0 Å². The smallest absolute Gasteiger partial charge is 0.0540 e. The molecule has 0 spiro atoms. The van der Waals surface area contributed by atoms with Gasteiger partial charge < -0.3 is 4.90 Å². The van der Waals surface area contributed by atoms with Crippen LogP contribution in [0.25, 0.3) is 64.7 Å². The molecule has 0 amide bonds. The monoisotopic (exact) mass is 695 g/mol. The van der Waals surface area contributed by atoms with Crippen molar-refractivity contribution in [3.05, 3.63) is 199 Å². The minimum absolute atomic E-state index is 0.102. The predicted octanol–water partition coefficient (Wildman–Crippen LogP) is 14.8. The van der Waals surface area contributed by atoms with E-state index >= 15 is 0 Å². The maximum absolute atomic E-state index is 2.44. The van der Waals surface area contributed by atoms with E-state index in [1.165, 1.54) is 75.8 Å². The summed E-state index contributed by atoms with van der Waals surface area (Å²) in [5.41, 5.74) is 16.0. The van der Waals surface area contributed by atoms with Crippen molar-refractivity contribution in [3.63, 3.8) is 0 Å². The van der Waals surface area contributed by atoms with E-state index in [2.05, 4.69) is 207 Å². The standard InChI is InChI=1S/C51H37NS/c1-51(2)46-17-9-6-15-42(46)43-30-29-40(33-47(43)51)52(48-18-10-7-14-41(48)37-22-20-35(21-23-37)34-12-4-3-5-13-34)39-27-24-36(25-28-39)38-26-31-50-45(32-38)44-16-8-11-19-49(44)53-50/h3-33H,1-2H3. The SMILES string of the molecule is CC1(C)c2ccccc2-c2ccc(N(c3ccc(-c4ccc5sc6ccccc6c5c4)cc3)c3ccccc3-c3ccc(-c4ccccc4)cc3)cc21. The van der Waals surface area contributed by atoms with Crippen LogP contribution in [0, 0.1) is 0 Å². The zero-order chi connectivity index (χ0) is 35.5. The molecule has 0 N–H and O–H groups in total. The van der Waals surface area contributed by atoms with Crippen LogP contribution >= 0.6 is 11.3 Å². The number of rotatable bonds is 6. The zero-order valence-corrected chi connectivity index (χ0v) is 30.6. The summed E-state index contributed by atoms with van der Waals surface area (Å²) in [6, 6.07) is 69.1. The molecule has 0 atom stereocenters. The van der Waals surface area contributed by atoms with E-state index in [0.29, 0.717) is 0 Å². The van der Waals surface area contributed by atoms with E-state index < -0.39 is 0 Å². The number of hydrogen-bond acceptors (Lipinski definition) is 2. The highest BCUT2D eigenvalue weighted by Crippen LogP contribution is 2.51. The number of para-hydroxylation sites is 1. The molecule has 1 heterocycles. The molecule has 0 unspecified atom stereocenters. The van der Waals surface area contributed by atoms with Gasteiger partial charge in [0.05, 0.1) is 5.69 Å². The van der Waals surface area contributed by atoms with Crippen molar-refractivity contribution in [3.8, 4) is 44.5 Å². The van der Waals surface area contributed by atoms with Gasteiger partial charge >= 0.3 is 0 Å². The molecule has 252 valence electrons. The second-order valence-corrected chi connectivity index (χ2v) is 15.6. The summed E-state index contributed by atoms with van der Waals surface area (Å²) < 4.78 is 2.66. The number of nitrogens with zero attached hydrogens (tertiary/aromatic N) is 1. The lowest BCUT2D eigenvalue weighted by Gasteiger charge is -2.30. The summed E-state index contributed by atoms with van der Waals surface area (Å²) in [5.74, 6) is 0. The van der Waals surface area contributed by atoms with Crippen LogP contribution in [0.3, 0.4) is 0 Å². The lowest BCUT2D eigenvalue weighted by Crippen LogP contribution is -2.16. The second-order valence-electron chi connectivity index (χ2n) is 14.6. The third kappa shape index (κ3) is 5.29. The molecule has 1 aromatic heterocycles. The van der Waals surface area contributed by atoms with E-state index in [1.54, 1.807) is 0 Å². The molecule has 1 aliphatic rings. The highest BCUT2D eigenvalue weighted by Gasteiger charge is 2.35. The maximum atomic E-state index is 2.44. The van der Waals surface area contributed by atoms with Gasteiger partial charge in [-0.05, 0) is 98.6 Å². The normalized spacial score (nSPS) is 12.9. The van der Waals surface area contributed by atoms with Gasteiger partial charge in [-0.25, -0.2) is 0 Å². The summed E-state index contributed by atoms with van der Waals surface area (Å²) in [6.07, 6.45) is 0. The van der Waals surface area contributed by atoms with Crippen molar-refractivity contribution in [2.24, 2.45) is 0 Å². The van der Waals surface area contributed by atoms with Gasteiger partial charge in [0.15, 0.2) is 0 Å². The first-order valence-electron chi connectivity index (χ1n) is 18.3. The Morgan fingerprint density at radius 3 is 1.77 bits per heavy atom. The molecule has 0 saturated carbocycles. The first-order valence-corrected chi connectivity index (χ1v) is 19.2. The lowest BCUT2D eigenvalue weighted by molar-refractivity contribution is 0.660. The van der Waals surface area contributed by atoms with E-state index in [0.717, 1.165) is 17.1 Å². The quantitative estimate of drug-likeness (QED) is 0.167. The molecular formula is C51H37NS. The molecule has 0 aliphatic heterocycles. The van der Waals surface area contributed by atoms with Gasteiger partial charge in [0.1, 0.15) is 0 Å². The van der Waals surface area contributed by atoms with Crippen molar-refractivity contribution in [1.82, 2.24) is 0 Å². The lowest BCUT2D eigenvalue weighted by atomic mass is 9.82. The summed E-state index contributed by atoms with van der Waals surface area (Å²) in [5, 5.41) is 2.65. The van der Waals surface area contributed by atoms with Gasteiger partial charge in [-0.1, -0.05) is 153 Å². The Morgan fingerprint density at radius 2 is 0.943 bits per heavy atom. The van der Waals surface area contributed by atoms with Crippen molar-refractivity contribution < 1.29 is 0 Å². The Labute approximate surface area is 315 Å². The summed E-state index contributed by atoms with van der Waals surface area (Å²) in [4.78, 5) is 2.44. The van der Waals surface area contributed by atoms with Crippen molar-refractivity contribution in [2.45, 2.75) is 19.3 Å².